The van der Waals surface area contributed by atoms with Gasteiger partial charge in [-0.3, -0.25) is 4.79 Å². The number of urea groups is 1. The van der Waals surface area contributed by atoms with Crippen LogP contribution in [0.3, 0.4) is 0 Å². The fourth-order valence-corrected chi connectivity index (χ4v) is 2.70. The van der Waals surface area contributed by atoms with Crippen LogP contribution in [0.15, 0.2) is 48.5 Å². The number of amides is 3. The normalized spacial score (nSPS) is 12.3. The van der Waals surface area contributed by atoms with E-state index in [0.29, 0.717) is 5.56 Å². The van der Waals surface area contributed by atoms with Crippen LogP contribution in [0.4, 0.5) is 18.0 Å². The summed E-state index contributed by atoms with van der Waals surface area (Å²) in [5, 5.41) is 5.10. The maximum Gasteiger partial charge on any atom is 0.416 e. The van der Waals surface area contributed by atoms with Gasteiger partial charge in [-0.05, 0) is 35.7 Å². The zero-order chi connectivity index (χ0) is 20.0. The maximum atomic E-state index is 12.7. The first kappa shape index (κ1) is 20.3. The summed E-state index contributed by atoms with van der Waals surface area (Å²) in [4.78, 5) is 23.5. The number of alkyl halides is 3. The number of rotatable bonds is 6. The molecule has 0 aliphatic carbocycles. The van der Waals surface area contributed by atoms with Crippen LogP contribution in [-0.4, -0.2) is 11.9 Å². The molecule has 1 atom stereocenters. The molecule has 0 saturated heterocycles. The van der Waals surface area contributed by atoms with Gasteiger partial charge < -0.3 is 16.4 Å². The van der Waals surface area contributed by atoms with Gasteiger partial charge in [0.25, 0.3) is 0 Å². The third-order valence-corrected chi connectivity index (χ3v) is 4.01. The Morgan fingerprint density at radius 3 is 2.44 bits per heavy atom. The van der Waals surface area contributed by atoms with Crippen molar-refractivity contribution in [3.05, 3.63) is 70.8 Å². The van der Waals surface area contributed by atoms with Gasteiger partial charge in [-0.1, -0.05) is 36.4 Å². The molecule has 144 valence electrons. The molecule has 4 N–H and O–H groups in total. The van der Waals surface area contributed by atoms with Crippen molar-refractivity contribution in [1.29, 1.82) is 0 Å². The summed E-state index contributed by atoms with van der Waals surface area (Å²) in [5.74, 6) is -0.422. The molecule has 0 aromatic heterocycles. The highest BCUT2D eigenvalue weighted by atomic mass is 19.4. The topological polar surface area (TPSA) is 84.2 Å². The Bertz CT molecular complexity index is 822. The Hall–Kier alpha value is -3.03. The quantitative estimate of drug-likeness (QED) is 0.718. The third kappa shape index (κ3) is 6.02. The predicted molar refractivity (Wildman–Crippen MR) is 94.5 cm³/mol. The minimum atomic E-state index is -4.44. The molecule has 0 fully saturated rings. The second-order valence-electron chi connectivity index (χ2n) is 6.10. The standard InChI is InChI=1S/C19H20F3N3O2/c1-12-5-2-3-8-15(12)16(25-18(23)27)10-17(26)24-11-13-6-4-7-14(9-13)19(20,21)22/h2-9,16H,10-11H2,1H3,(H,24,26)(H3,23,25,27). The van der Waals surface area contributed by atoms with Crippen LogP contribution in [0.1, 0.15) is 34.7 Å². The van der Waals surface area contributed by atoms with Gasteiger partial charge in [0, 0.05) is 6.54 Å². The number of primary amides is 1. The van der Waals surface area contributed by atoms with Gasteiger partial charge in [-0.15, -0.1) is 0 Å². The number of hydrogen-bond donors (Lipinski definition) is 3. The highest BCUT2D eigenvalue weighted by Crippen LogP contribution is 2.29. The van der Waals surface area contributed by atoms with E-state index in [4.69, 9.17) is 5.73 Å². The zero-order valence-corrected chi connectivity index (χ0v) is 14.6. The summed E-state index contributed by atoms with van der Waals surface area (Å²) in [5.41, 5.74) is 6.36. The molecule has 0 aliphatic rings. The molecule has 1 unspecified atom stereocenters. The van der Waals surface area contributed by atoms with Gasteiger partial charge in [0.1, 0.15) is 0 Å². The van der Waals surface area contributed by atoms with E-state index < -0.39 is 29.7 Å². The lowest BCUT2D eigenvalue weighted by Gasteiger charge is -2.19. The van der Waals surface area contributed by atoms with E-state index in [1.807, 2.05) is 19.1 Å². The summed E-state index contributed by atoms with van der Waals surface area (Å²) in [7, 11) is 0. The Morgan fingerprint density at radius 1 is 1.11 bits per heavy atom. The lowest BCUT2D eigenvalue weighted by molar-refractivity contribution is -0.137. The fourth-order valence-electron chi connectivity index (χ4n) is 2.70. The van der Waals surface area contributed by atoms with E-state index >= 15 is 0 Å². The van der Waals surface area contributed by atoms with Crippen molar-refractivity contribution in [3.8, 4) is 0 Å². The Morgan fingerprint density at radius 2 is 1.81 bits per heavy atom. The first-order chi connectivity index (χ1) is 12.7. The van der Waals surface area contributed by atoms with Crippen LogP contribution in [0, 0.1) is 6.92 Å². The van der Waals surface area contributed by atoms with Crippen LogP contribution in [0.2, 0.25) is 0 Å². The average molecular weight is 379 g/mol. The number of benzene rings is 2. The molecule has 2 aromatic carbocycles. The molecular weight excluding hydrogens is 359 g/mol. The van der Waals surface area contributed by atoms with Crippen molar-refractivity contribution >= 4 is 11.9 Å². The van der Waals surface area contributed by atoms with Gasteiger partial charge in [0.15, 0.2) is 0 Å². The Labute approximate surface area is 154 Å². The number of carbonyl (C=O) groups is 2. The summed E-state index contributed by atoms with van der Waals surface area (Å²) in [6.45, 7) is 1.78. The van der Waals surface area contributed by atoms with Gasteiger partial charge in [-0.2, -0.15) is 13.2 Å². The first-order valence-electron chi connectivity index (χ1n) is 8.21. The van der Waals surface area contributed by atoms with Gasteiger partial charge >= 0.3 is 12.2 Å². The Balaban J connectivity index is 2.04. The molecule has 8 heteroatoms. The van der Waals surface area contributed by atoms with Crippen molar-refractivity contribution in [2.45, 2.75) is 32.1 Å². The number of nitrogens with one attached hydrogen (secondary N) is 2. The van der Waals surface area contributed by atoms with E-state index in [1.165, 1.54) is 12.1 Å². The molecule has 0 spiro atoms. The van der Waals surface area contributed by atoms with Crippen LogP contribution < -0.4 is 16.4 Å². The second-order valence-corrected chi connectivity index (χ2v) is 6.10. The fraction of sp³-hybridized carbons (Fsp3) is 0.263. The molecule has 2 aromatic rings. The third-order valence-electron chi connectivity index (χ3n) is 4.01. The summed E-state index contributed by atoms with van der Waals surface area (Å²) < 4.78 is 38.2. The molecule has 0 bridgehead atoms. The number of hydrogen-bond acceptors (Lipinski definition) is 2. The number of carbonyl (C=O) groups excluding carboxylic acids is 2. The average Bonchev–Trinajstić information content (AvgIpc) is 2.59. The summed E-state index contributed by atoms with van der Waals surface area (Å²) in [6, 6.07) is 10.6. The molecule has 0 saturated carbocycles. The first-order valence-corrected chi connectivity index (χ1v) is 8.21. The van der Waals surface area contributed by atoms with Gasteiger partial charge in [0.2, 0.25) is 5.91 Å². The summed E-state index contributed by atoms with van der Waals surface area (Å²) in [6.07, 6.45) is -4.53. The highest BCUT2D eigenvalue weighted by Gasteiger charge is 2.30. The van der Waals surface area contributed by atoms with Crippen LogP contribution in [0.25, 0.3) is 0 Å². The SMILES string of the molecule is Cc1ccccc1C(CC(=O)NCc1cccc(C(F)(F)F)c1)NC(N)=O. The highest BCUT2D eigenvalue weighted by molar-refractivity contribution is 5.78. The van der Waals surface area contributed by atoms with Crippen LogP contribution in [0.5, 0.6) is 0 Å². The van der Waals surface area contributed by atoms with E-state index in [2.05, 4.69) is 10.6 Å². The zero-order valence-electron chi connectivity index (χ0n) is 14.6. The van der Waals surface area contributed by atoms with Crippen LogP contribution >= 0.6 is 0 Å². The molecule has 2 rings (SSSR count). The van der Waals surface area contributed by atoms with E-state index in [9.17, 15) is 22.8 Å². The number of halogens is 3. The van der Waals surface area contributed by atoms with Crippen molar-refractivity contribution in [1.82, 2.24) is 10.6 Å². The van der Waals surface area contributed by atoms with Gasteiger partial charge in [-0.25, -0.2) is 4.79 Å². The van der Waals surface area contributed by atoms with E-state index in [0.717, 1.165) is 23.3 Å². The minimum Gasteiger partial charge on any atom is -0.352 e. The Kier molecular flexibility index (Phi) is 6.44. The largest absolute Gasteiger partial charge is 0.416 e. The van der Waals surface area contributed by atoms with E-state index in [1.54, 1.807) is 12.1 Å². The number of aryl methyl sites for hydroxylation is 1. The molecule has 0 radical (unpaired) electrons. The monoisotopic (exact) mass is 379 g/mol. The molecular formula is C19H20F3N3O2. The van der Waals surface area contributed by atoms with Crippen molar-refractivity contribution in [2.24, 2.45) is 5.73 Å². The van der Waals surface area contributed by atoms with Crippen molar-refractivity contribution < 1.29 is 22.8 Å². The number of nitrogens with two attached hydrogens (primary N) is 1. The molecule has 0 heterocycles. The molecule has 27 heavy (non-hydrogen) atoms. The van der Waals surface area contributed by atoms with Crippen molar-refractivity contribution in [2.75, 3.05) is 0 Å². The molecule has 0 aliphatic heterocycles. The second kappa shape index (κ2) is 8.57. The smallest absolute Gasteiger partial charge is 0.352 e. The molecule has 3 amide bonds. The molecule has 5 nitrogen and oxygen atoms in total. The maximum absolute atomic E-state index is 12.7. The minimum absolute atomic E-state index is 0.0557. The lowest BCUT2D eigenvalue weighted by atomic mass is 9.98. The predicted octanol–water partition coefficient (Wildman–Crippen LogP) is 3.43. The summed E-state index contributed by atoms with van der Waals surface area (Å²) >= 11 is 0. The van der Waals surface area contributed by atoms with E-state index in [-0.39, 0.29) is 13.0 Å². The lowest BCUT2D eigenvalue weighted by Crippen LogP contribution is -2.36. The van der Waals surface area contributed by atoms with Gasteiger partial charge in [0.05, 0.1) is 18.0 Å². The van der Waals surface area contributed by atoms with Crippen molar-refractivity contribution in [3.63, 3.8) is 0 Å². The van der Waals surface area contributed by atoms with Crippen LogP contribution in [-0.2, 0) is 17.5 Å².